The minimum absolute atomic E-state index is 0.0389. The molecule has 0 spiro atoms. The number of nitrogens with one attached hydrogen (secondary N) is 3. The van der Waals surface area contributed by atoms with E-state index in [1.54, 1.807) is 22.6 Å². The molecule has 0 bridgehead atoms. The van der Waals surface area contributed by atoms with Gasteiger partial charge in [0.25, 0.3) is 17.4 Å². The van der Waals surface area contributed by atoms with Gasteiger partial charge in [0.15, 0.2) is 3.95 Å². The van der Waals surface area contributed by atoms with E-state index in [1.165, 1.54) is 0 Å². The lowest BCUT2D eigenvalue weighted by atomic mass is 10.1. The molecule has 0 saturated carbocycles. The van der Waals surface area contributed by atoms with Gasteiger partial charge in [-0.25, -0.2) is 0 Å². The number of rotatable bonds is 5. The summed E-state index contributed by atoms with van der Waals surface area (Å²) in [5.74, 6) is -0.515. The van der Waals surface area contributed by atoms with E-state index in [1.807, 2.05) is 27.7 Å². The Morgan fingerprint density at radius 2 is 1.93 bits per heavy atom. The molecule has 1 aromatic carbocycles. The number of carbonyl (C=O) groups is 2. The number of aromatic nitrogens is 2. The third-order valence-corrected chi connectivity index (χ3v) is 5.78. The van der Waals surface area contributed by atoms with Crippen molar-refractivity contribution in [3.05, 3.63) is 42.9 Å². The van der Waals surface area contributed by atoms with Gasteiger partial charge in [0.1, 0.15) is 10.5 Å². The molecule has 0 saturated heterocycles. The molecule has 1 unspecified atom stereocenters. The molecule has 0 aliphatic rings. The van der Waals surface area contributed by atoms with Crippen LogP contribution in [0.1, 0.15) is 54.1 Å². The molecular formula is C19H22N4O3S2. The molecule has 3 rings (SSSR count). The van der Waals surface area contributed by atoms with Crippen LogP contribution in [0.5, 0.6) is 0 Å². The number of amides is 2. The standard InChI is InChI=1S/C19H22N4O3S2/c1-5-10(4)21-16(24)11-6-7-12-13(8-11)23-15(22-17(12)25)14(28-19(23)27)18(26)20-9(2)3/h6-10H,5H2,1-4H3,(H,20,26)(H,21,24)(H,22,25). The van der Waals surface area contributed by atoms with E-state index in [0.717, 1.165) is 17.8 Å². The number of H-pyrrole nitrogens is 1. The highest BCUT2D eigenvalue weighted by molar-refractivity contribution is 7.73. The summed E-state index contributed by atoms with van der Waals surface area (Å²) < 4.78 is 2.07. The second-order valence-electron chi connectivity index (χ2n) is 6.98. The number of hydrogen-bond donors (Lipinski definition) is 3. The van der Waals surface area contributed by atoms with Crippen molar-refractivity contribution in [3.8, 4) is 0 Å². The van der Waals surface area contributed by atoms with Crippen molar-refractivity contribution in [2.75, 3.05) is 0 Å². The lowest BCUT2D eigenvalue weighted by molar-refractivity contribution is 0.0934. The van der Waals surface area contributed by atoms with Crippen LogP contribution in [-0.4, -0.2) is 33.3 Å². The second kappa shape index (κ2) is 7.84. The van der Waals surface area contributed by atoms with Crippen LogP contribution >= 0.6 is 23.6 Å². The quantitative estimate of drug-likeness (QED) is 0.554. The molecule has 9 heteroatoms. The van der Waals surface area contributed by atoms with Crippen LogP contribution in [0.4, 0.5) is 0 Å². The number of hydrogen-bond acceptors (Lipinski definition) is 5. The van der Waals surface area contributed by atoms with Crippen LogP contribution in [0.3, 0.4) is 0 Å². The summed E-state index contributed by atoms with van der Waals surface area (Å²) in [7, 11) is 0. The fourth-order valence-electron chi connectivity index (χ4n) is 2.82. The number of fused-ring (bicyclic) bond motifs is 3. The summed E-state index contributed by atoms with van der Waals surface area (Å²) in [6.45, 7) is 7.63. The normalized spacial score (nSPS) is 12.5. The number of thiazole rings is 1. The Labute approximate surface area is 170 Å². The summed E-state index contributed by atoms with van der Waals surface area (Å²) in [6.07, 6.45) is 0.813. The summed E-state index contributed by atoms with van der Waals surface area (Å²) in [6, 6.07) is 4.85. The molecule has 2 amide bonds. The Hall–Kier alpha value is -2.52. The van der Waals surface area contributed by atoms with Crippen LogP contribution < -0.4 is 16.2 Å². The van der Waals surface area contributed by atoms with E-state index in [4.69, 9.17) is 12.2 Å². The van der Waals surface area contributed by atoms with Gasteiger partial charge in [0, 0.05) is 17.6 Å². The molecule has 28 heavy (non-hydrogen) atoms. The Bertz CT molecular complexity index is 1190. The smallest absolute Gasteiger partial charge is 0.265 e. The first kappa shape index (κ1) is 20.2. The maximum atomic E-state index is 12.6. The maximum absolute atomic E-state index is 12.6. The van der Waals surface area contributed by atoms with Crippen LogP contribution in [0.15, 0.2) is 23.0 Å². The van der Waals surface area contributed by atoms with Crippen molar-refractivity contribution in [2.45, 2.75) is 46.2 Å². The Morgan fingerprint density at radius 3 is 2.57 bits per heavy atom. The minimum atomic E-state index is -0.338. The van der Waals surface area contributed by atoms with Gasteiger partial charge in [-0.2, -0.15) is 0 Å². The summed E-state index contributed by atoms with van der Waals surface area (Å²) in [5.41, 5.74) is 0.932. The average Bonchev–Trinajstić information content (AvgIpc) is 2.97. The van der Waals surface area contributed by atoms with Crippen molar-refractivity contribution < 1.29 is 9.59 Å². The van der Waals surface area contributed by atoms with Crippen LogP contribution in [0.25, 0.3) is 16.6 Å². The fraction of sp³-hybridized carbons (Fsp3) is 0.368. The van der Waals surface area contributed by atoms with Gasteiger partial charge in [-0.05, 0) is 57.6 Å². The van der Waals surface area contributed by atoms with Gasteiger partial charge < -0.3 is 15.6 Å². The Morgan fingerprint density at radius 1 is 1.21 bits per heavy atom. The zero-order chi connectivity index (χ0) is 20.6. The van der Waals surface area contributed by atoms with E-state index in [0.29, 0.717) is 30.9 Å². The van der Waals surface area contributed by atoms with Gasteiger partial charge >= 0.3 is 0 Å². The van der Waals surface area contributed by atoms with Gasteiger partial charge in [0.05, 0.1) is 10.9 Å². The Balaban J connectivity index is 2.22. The molecular weight excluding hydrogens is 396 g/mol. The van der Waals surface area contributed by atoms with E-state index in [2.05, 4.69) is 15.6 Å². The predicted octanol–water partition coefficient (Wildman–Crippen LogP) is 3.24. The fourth-order valence-corrected chi connectivity index (χ4v) is 4.11. The highest BCUT2D eigenvalue weighted by Gasteiger charge is 2.19. The molecule has 0 fully saturated rings. The SMILES string of the molecule is CCC(C)NC(=O)c1ccc2c(=O)[nH]c3c(C(=O)NC(C)C)sc(=S)n3c2c1. The molecule has 0 aliphatic heterocycles. The molecule has 3 N–H and O–H groups in total. The first-order valence-electron chi connectivity index (χ1n) is 9.06. The predicted molar refractivity (Wildman–Crippen MR) is 114 cm³/mol. The zero-order valence-corrected chi connectivity index (χ0v) is 17.7. The molecule has 1 atom stereocenters. The van der Waals surface area contributed by atoms with Crippen molar-refractivity contribution in [1.82, 2.24) is 20.0 Å². The summed E-state index contributed by atoms with van der Waals surface area (Å²) in [4.78, 5) is 40.7. The van der Waals surface area contributed by atoms with Crippen molar-refractivity contribution in [1.29, 1.82) is 0 Å². The average molecular weight is 419 g/mol. The van der Waals surface area contributed by atoms with Gasteiger partial charge in [-0.3, -0.25) is 18.8 Å². The van der Waals surface area contributed by atoms with E-state index in [-0.39, 0.29) is 29.5 Å². The number of carbonyl (C=O) groups excluding carboxylic acids is 2. The molecule has 3 aromatic rings. The first-order chi connectivity index (χ1) is 13.2. The number of aromatic amines is 1. The lowest BCUT2D eigenvalue weighted by Crippen LogP contribution is -2.32. The monoisotopic (exact) mass is 418 g/mol. The van der Waals surface area contributed by atoms with E-state index < -0.39 is 0 Å². The van der Waals surface area contributed by atoms with Crippen molar-refractivity contribution >= 4 is 51.9 Å². The van der Waals surface area contributed by atoms with E-state index in [9.17, 15) is 14.4 Å². The lowest BCUT2D eigenvalue weighted by Gasteiger charge is -2.12. The minimum Gasteiger partial charge on any atom is -0.350 e. The number of benzene rings is 1. The molecule has 0 aliphatic carbocycles. The first-order valence-corrected chi connectivity index (χ1v) is 10.3. The van der Waals surface area contributed by atoms with Crippen LogP contribution in [-0.2, 0) is 0 Å². The molecule has 148 valence electrons. The van der Waals surface area contributed by atoms with Crippen molar-refractivity contribution in [3.63, 3.8) is 0 Å². The molecule has 2 aromatic heterocycles. The summed E-state index contributed by atoms with van der Waals surface area (Å²) >= 11 is 6.58. The molecule has 7 nitrogen and oxygen atoms in total. The number of nitrogens with zero attached hydrogens (tertiary/aromatic N) is 1. The van der Waals surface area contributed by atoms with Gasteiger partial charge in [0.2, 0.25) is 0 Å². The van der Waals surface area contributed by atoms with Gasteiger partial charge in [-0.1, -0.05) is 18.3 Å². The Kier molecular flexibility index (Phi) is 5.66. The molecule has 0 radical (unpaired) electrons. The second-order valence-corrected chi connectivity index (χ2v) is 8.62. The van der Waals surface area contributed by atoms with Crippen LogP contribution in [0, 0.1) is 3.95 Å². The third kappa shape index (κ3) is 3.72. The van der Waals surface area contributed by atoms with Crippen molar-refractivity contribution in [2.24, 2.45) is 0 Å². The maximum Gasteiger partial charge on any atom is 0.265 e. The highest BCUT2D eigenvalue weighted by atomic mass is 32.1. The molecule has 2 heterocycles. The van der Waals surface area contributed by atoms with Gasteiger partial charge in [-0.15, -0.1) is 0 Å². The third-order valence-electron chi connectivity index (χ3n) is 4.40. The van der Waals surface area contributed by atoms with Crippen LogP contribution in [0.2, 0.25) is 0 Å². The highest BCUT2D eigenvalue weighted by Crippen LogP contribution is 2.23. The topological polar surface area (TPSA) is 95.5 Å². The summed E-state index contributed by atoms with van der Waals surface area (Å²) in [5, 5.41) is 6.13. The largest absolute Gasteiger partial charge is 0.350 e. The zero-order valence-electron chi connectivity index (χ0n) is 16.1. The van der Waals surface area contributed by atoms with E-state index >= 15 is 0 Å².